The summed E-state index contributed by atoms with van der Waals surface area (Å²) in [6.07, 6.45) is 3.41. The minimum Gasteiger partial charge on any atom is -0.507 e. The highest BCUT2D eigenvalue weighted by molar-refractivity contribution is 6.46. The predicted molar refractivity (Wildman–Crippen MR) is 124 cm³/mol. The van der Waals surface area contributed by atoms with Gasteiger partial charge >= 0.3 is 0 Å². The number of benzene rings is 2. The second kappa shape index (κ2) is 8.67. The fourth-order valence-electron chi connectivity index (χ4n) is 5.08. The molecule has 172 valence electrons. The van der Waals surface area contributed by atoms with Crippen molar-refractivity contribution >= 4 is 17.4 Å². The number of hydrogen-bond acceptors (Lipinski definition) is 5. The van der Waals surface area contributed by atoms with E-state index in [-0.39, 0.29) is 23.5 Å². The standard InChI is InChI=1S/C27H29NO5/c1-3-17-6-8-18(9-7-17)24-23(26(30)27(31)28(24)15-21-5-4-12-32-21)25(29)19-10-11-22-20(14-19)13-16(2)33-22/h6-11,14,16,21,24,29H,3-5,12-13,15H2,1-2H3/b25-23-. The normalized spacial score (nSPS) is 26.0. The zero-order chi connectivity index (χ0) is 23.1. The Morgan fingerprint density at radius 3 is 2.64 bits per heavy atom. The van der Waals surface area contributed by atoms with Gasteiger partial charge in [-0.1, -0.05) is 31.2 Å². The molecule has 6 heteroatoms. The molecule has 0 radical (unpaired) electrons. The smallest absolute Gasteiger partial charge is 0.295 e. The van der Waals surface area contributed by atoms with Crippen LogP contribution in [0.5, 0.6) is 5.75 Å². The van der Waals surface area contributed by atoms with Crippen LogP contribution in [0.25, 0.3) is 5.76 Å². The molecule has 0 aliphatic carbocycles. The highest BCUT2D eigenvalue weighted by Gasteiger charge is 2.47. The molecule has 3 heterocycles. The number of hydrogen-bond donors (Lipinski definition) is 1. The summed E-state index contributed by atoms with van der Waals surface area (Å²) in [5.74, 6) is -0.588. The first-order chi connectivity index (χ1) is 16.0. The molecule has 3 atom stereocenters. The van der Waals surface area contributed by atoms with Crippen molar-refractivity contribution in [2.24, 2.45) is 0 Å². The van der Waals surface area contributed by atoms with E-state index in [1.807, 2.05) is 43.3 Å². The Bertz CT molecular complexity index is 1110. The summed E-state index contributed by atoms with van der Waals surface area (Å²) in [6, 6.07) is 12.7. The van der Waals surface area contributed by atoms with Crippen molar-refractivity contribution in [3.63, 3.8) is 0 Å². The molecule has 2 aromatic rings. The van der Waals surface area contributed by atoms with E-state index in [4.69, 9.17) is 9.47 Å². The van der Waals surface area contributed by atoms with Gasteiger partial charge in [0, 0.05) is 25.1 Å². The van der Waals surface area contributed by atoms with E-state index in [2.05, 4.69) is 6.92 Å². The summed E-state index contributed by atoms with van der Waals surface area (Å²) in [7, 11) is 0. The van der Waals surface area contributed by atoms with Gasteiger partial charge in [-0.25, -0.2) is 0 Å². The molecular formula is C27H29NO5. The lowest BCUT2D eigenvalue weighted by Crippen LogP contribution is -2.36. The SMILES string of the molecule is CCc1ccc(C2/C(=C(/O)c3ccc4c(c3)CC(C)O4)C(=O)C(=O)N2CC2CCCO2)cc1. The second-order valence-corrected chi connectivity index (χ2v) is 9.14. The van der Waals surface area contributed by atoms with Crippen LogP contribution in [0.15, 0.2) is 48.0 Å². The van der Waals surface area contributed by atoms with Gasteiger partial charge in [0.2, 0.25) is 0 Å². The molecule has 3 aliphatic rings. The van der Waals surface area contributed by atoms with Crippen LogP contribution in [0.3, 0.4) is 0 Å². The molecule has 2 aromatic carbocycles. The molecule has 0 saturated carbocycles. The van der Waals surface area contributed by atoms with E-state index < -0.39 is 17.7 Å². The van der Waals surface area contributed by atoms with Crippen LogP contribution in [0.1, 0.15) is 55.0 Å². The molecule has 1 N–H and O–H groups in total. The molecule has 0 aromatic heterocycles. The zero-order valence-corrected chi connectivity index (χ0v) is 19.0. The third-order valence-corrected chi connectivity index (χ3v) is 6.84. The largest absolute Gasteiger partial charge is 0.507 e. The molecule has 0 bridgehead atoms. The van der Waals surface area contributed by atoms with Crippen LogP contribution in [0, 0.1) is 0 Å². The number of Topliss-reactive ketones (excluding diaryl/α,β-unsaturated/α-hetero) is 1. The fraction of sp³-hybridized carbons (Fsp3) is 0.407. The summed E-state index contributed by atoms with van der Waals surface area (Å²) in [4.78, 5) is 27.9. The van der Waals surface area contributed by atoms with Crippen LogP contribution in [-0.4, -0.2) is 47.1 Å². The van der Waals surface area contributed by atoms with Gasteiger partial charge in [-0.3, -0.25) is 9.59 Å². The lowest BCUT2D eigenvalue weighted by molar-refractivity contribution is -0.140. The molecule has 2 fully saturated rings. The molecule has 0 spiro atoms. The molecule has 6 nitrogen and oxygen atoms in total. The molecule has 33 heavy (non-hydrogen) atoms. The molecule has 5 rings (SSSR count). The third kappa shape index (κ3) is 3.93. The number of aliphatic hydroxyl groups is 1. The van der Waals surface area contributed by atoms with Crippen LogP contribution in [0.2, 0.25) is 0 Å². The van der Waals surface area contributed by atoms with E-state index in [1.54, 1.807) is 11.0 Å². The summed E-state index contributed by atoms with van der Waals surface area (Å²) in [5, 5.41) is 11.3. The highest BCUT2D eigenvalue weighted by Crippen LogP contribution is 2.41. The van der Waals surface area contributed by atoms with Crippen LogP contribution in [-0.2, 0) is 27.2 Å². The van der Waals surface area contributed by atoms with Crippen molar-refractivity contribution in [3.8, 4) is 5.75 Å². The van der Waals surface area contributed by atoms with E-state index in [9.17, 15) is 14.7 Å². The molecule has 2 saturated heterocycles. The topological polar surface area (TPSA) is 76.1 Å². The van der Waals surface area contributed by atoms with Crippen molar-refractivity contribution in [1.82, 2.24) is 4.90 Å². The Morgan fingerprint density at radius 2 is 1.94 bits per heavy atom. The molecule has 1 amide bonds. The van der Waals surface area contributed by atoms with Gasteiger partial charge < -0.3 is 19.5 Å². The van der Waals surface area contributed by atoms with Gasteiger partial charge in [-0.2, -0.15) is 0 Å². The summed E-state index contributed by atoms with van der Waals surface area (Å²) < 4.78 is 11.5. The van der Waals surface area contributed by atoms with Crippen molar-refractivity contribution < 1.29 is 24.2 Å². The van der Waals surface area contributed by atoms with Crippen molar-refractivity contribution in [3.05, 3.63) is 70.3 Å². The first-order valence-corrected chi connectivity index (χ1v) is 11.7. The summed E-state index contributed by atoms with van der Waals surface area (Å²) in [6.45, 7) is 5.07. The first-order valence-electron chi connectivity index (χ1n) is 11.7. The third-order valence-electron chi connectivity index (χ3n) is 6.84. The number of aliphatic hydroxyl groups excluding tert-OH is 1. The highest BCUT2D eigenvalue weighted by atomic mass is 16.5. The lowest BCUT2D eigenvalue weighted by atomic mass is 9.93. The fourth-order valence-corrected chi connectivity index (χ4v) is 5.08. The summed E-state index contributed by atoms with van der Waals surface area (Å²) >= 11 is 0. The van der Waals surface area contributed by atoms with Crippen molar-refractivity contribution in [1.29, 1.82) is 0 Å². The number of carbonyl (C=O) groups excluding carboxylic acids is 2. The number of carbonyl (C=O) groups is 2. The molecule has 3 unspecified atom stereocenters. The minimum atomic E-state index is -0.653. The quantitative estimate of drug-likeness (QED) is 0.423. The average Bonchev–Trinajstić information content (AvgIpc) is 3.53. The van der Waals surface area contributed by atoms with E-state index in [0.29, 0.717) is 18.7 Å². The zero-order valence-electron chi connectivity index (χ0n) is 19.0. The van der Waals surface area contributed by atoms with E-state index in [1.165, 1.54) is 5.56 Å². The predicted octanol–water partition coefficient (Wildman–Crippen LogP) is 4.17. The number of nitrogens with zero attached hydrogens (tertiary/aromatic N) is 1. The first kappa shape index (κ1) is 21.7. The van der Waals surface area contributed by atoms with E-state index in [0.717, 1.165) is 42.6 Å². The number of aryl methyl sites for hydroxylation is 1. The Balaban J connectivity index is 1.59. The number of ketones is 1. The molecular weight excluding hydrogens is 418 g/mol. The monoisotopic (exact) mass is 447 g/mol. The lowest BCUT2D eigenvalue weighted by Gasteiger charge is -2.27. The van der Waals surface area contributed by atoms with Crippen LogP contribution in [0.4, 0.5) is 0 Å². The number of rotatable bonds is 5. The van der Waals surface area contributed by atoms with Crippen molar-refractivity contribution in [2.45, 2.75) is 57.8 Å². The Labute approximate surface area is 193 Å². The minimum absolute atomic E-state index is 0.0754. The van der Waals surface area contributed by atoms with Gasteiger partial charge in [-0.15, -0.1) is 0 Å². The van der Waals surface area contributed by atoms with Crippen LogP contribution < -0.4 is 4.74 Å². The van der Waals surface area contributed by atoms with Gasteiger partial charge in [0.05, 0.1) is 17.7 Å². The Hall–Kier alpha value is -3.12. The maximum atomic E-state index is 13.2. The number of amides is 1. The molecule has 3 aliphatic heterocycles. The van der Waals surface area contributed by atoms with Gasteiger partial charge in [0.15, 0.2) is 0 Å². The average molecular weight is 448 g/mol. The van der Waals surface area contributed by atoms with E-state index >= 15 is 0 Å². The second-order valence-electron chi connectivity index (χ2n) is 9.14. The van der Waals surface area contributed by atoms with Crippen LogP contribution >= 0.6 is 0 Å². The Kier molecular flexibility index (Phi) is 5.71. The maximum absolute atomic E-state index is 13.2. The number of ether oxygens (including phenoxy) is 2. The number of fused-ring (bicyclic) bond motifs is 1. The van der Waals surface area contributed by atoms with Gasteiger partial charge in [0.25, 0.3) is 11.7 Å². The number of likely N-dealkylation sites (tertiary alicyclic amines) is 1. The Morgan fingerprint density at radius 1 is 1.15 bits per heavy atom. The maximum Gasteiger partial charge on any atom is 0.295 e. The van der Waals surface area contributed by atoms with Gasteiger partial charge in [-0.05, 0) is 61.1 Å². The van der Waals surface area contributed by atoms with Gasteiger partial charge in [0.1, 0.15) is 17.6 Å². The van der Waals surface area contributed by atoms with Crippen molar-refractivity contribution in [2.75, 3.05) is 13.2 Å². The summed E-state index contributed by atoms with van der Waals surface area (Å²) in [5.41, 5.74) is 3.63.